The van der Waals surface area contributed by atoms with Gasteiger partial charge in [-0.3, -0.25) is 9.78 Å². The third-order valence-electron chi connectivity index (χ3n) is 6.00. The van der Waals surface area contributed by atoms with E-state index >= 15 is 0 Å². The van der Waals surface area contributed by atoms with Crippen molar-refractivity contribution in [3.63, 3.8) is 0 Å². The van der Waals surface area contributed by atoms with Gasteiger partial charge in [-0.1, -0.05) is 11.2 Å². The van der Waals surface area contributed by atoms with E-state index in [1.165, 1.54) is 15.6 Å². The quantitative estimate of drug-likeness (QED) is 0.544. The van der Waals surface area contributed by atoms with E-state index in [1.807, 2.05) is 18.2 Å². The van der Waals surface area contributed by atoms with Crippen LogP contribution in [0.15, 0.2) is 39.9 Å². The van der Waals surface area contributed by atoms with Gasteiger partial charge < -0.3 is 9.84 Å². The summed E-state index contributed by atoms with van der Waals surface area (Å²) in [6.07, 6.45) is 5.06. The third kappa shape index (κ3) is 4.71. The molecule has 4 heterocycles. The van der Waals surface area contributed by atoms with E-state index < -0.39 is 15.9 Å². The lowest BCUT2D eigenvalue weighted by Crippen LogP contribution is -2.45. The van der Waals surface area contributed by atoms with Crippen molar-refractivity contribution in [1.82, 2.24) is 24.7 Å². The maximum absolute atomic E-state index is 13.5. The average molecular weight is 488 g/mol. The van der Waals surface area contributed by atoms with Crippen LogP contribution in [0.1, 0.15) is 48.1 Å². The molecule has 0 radical (unpaired) electrons. The van der Waals surface area contributed by atoms with Crippen molar-refractivity contribution in [1.29, 1.82) is 0 Å². The zero-order valence-corrected chi connectivity index (χ0v) is 19.9. The molecule has 1 saturated carbocycles. The van der Waals surface area contributed by atoms with E-state index in [0.717, 1.165) is 18.5 Å². The first kappa shape index (κ1) is 22.2. The van der Waals surface area contributed by atoms with Gasteiger partial charge in [-0.15, -0.1) is 11.3 Å². The van der Waals surface area contributed by atoms with Gasteiger partial charge in [-0.2, -0.15) is 9.29 Å². The van der Waals surface area contributed by atoms with Crippen molar-refractivity contribution in [2.24, 2.45) is 5.92 Å². The smallest absolute Gasteiger partial charge is 0.244 e. The molecule has 0 spiro atoms. The summed E-state index contributed by atoms with van der Waals surface area (Å²) in [6.45, 7) is 2.66. The number of aromatic nitrogens is 3. The second-order valence-electron chi connectivity index (χ2n) is 8.50. The first-order chi connectivity index (χ1) is 15.9. The molecule has 0 aromatic carbocycles. The topological polar surface area (TPSA) is 118 Å². The van der Waals surface area contributed by atoms with Crippen LogP contribution >= 0.6 is 11.3 Å². The highest BCUT2D eigenvalue weighted by atomic mass is 32.2. The molecule has 0 unspecified atom stereocenters. The van der Waals surface area contributed by atoms with Crippen LogP contribution < -0.4 is 5.32 Å². The number of thiophene rings is 1. The number of carbonyl (C=O) groups excluding carboxylic acids is 1. The van der Waals surface area contributed by atoms with Crippen LogP contribution in [0, 0.1) is 12.8 Å². The minimum absolute atomic E-state index is 0.150. The molecule has 1 atom stereocenters. The standard InChI is InChI=1S/C22H25N5O4S2/c1-14-19(11-18(32-14)20-25-22(31-26-20)15-7-8-15)33(29,30)27-10-4-5-16(13-27)21(28)24-12-17-6-2-3-9-23-17/h2-3,6,9,11,15-16H,4-5,7-8,10,12-13H2,1H3,(H,24,28)/t16-/m1/s1. The molecular weight excluding hydrogens is 462 g/mol. The van der Waals surface area contributed by atoms with Crippen LogP contribution in [0.5, 0.6) is 0 Å². The number of piperidine rings is 1. The Labute approximate surface area is 196 Å². The molecule has 174 valence electrons. The maximum Gasteiger partial charge on any atom is 0.244 e. The van der Waals surface area contributed by atoms with Gasteiger partial charge in [0.05, 0.1) is 27.9 Å². The molecule has 33 heavy (non-hydrogen) atoms. The molecule has 1 saturated heterocycles. The van der Waals surface area contributed by atoms with Crippen molar-refractivity contribution in [2.75, 3.05) is 13.1 Å². The van der Waals surface area contributed by atoms with Gasteiger partial charge in [0.25, 0.3) is 0 Å². The van der Waals surface area contributed by atoms with Crippen LogP contribution in [-0.4, -0.2) is 46.8 Å². The molecular formula is C22H25N5O4S2. The zero-order valence-electron chi connectivity index (χ0n) is 18.2. The highest BCUT2D eigenvalue weighted by molar-refractivity contribution is 7.89. The van der Waals surface area contributed by atoms with Crippen LogP contribution in [0.25, 0.3) is 10.7 Å². The van der Waals surface area contributed by atoms with E-state index in [4.69, 9.17) is 4.52 Å². The number of carbonyl (C=O) groups is 1. The van der Waals surface area contributed by atoms with Gasteiger partial charge in [-0.05, 0) is 50.8 Å². The number of hydrogen-bond acceptors (Lipinski definition) is 8. The fourth-order valence-corrected chi connectivity index (χ4v) is 7.01. The molecule has 11 heteroatoms. The Morgan fingerprint density at radius 2 is 2.15 bits per heavy atom. The van der Waals surface area contributed by atoms with Gasteiger partial charge in [-0.25, -0.2) is 8.42 Å². The summed E-state index contributed by atoms with van der Waals surface area (Å²) >= 11 is 1.34. The summed E-state index contributed by atoms with van der Waals surface area (Å²) in [7, 11) is -3.75. The fourth-order valence-electron chi connectivity index (χ4n) is 4.00. The van der Waals surface area contributed by atoms with Gasteiger partial charge in [0.15, 0.2) is 0 Å². The lowest BCUT2D eigenvalue weighted by atomic mass is 9.99. The Kier molecular flexibility index (Phi) is 6.02. The summed E-state index contributed by atoms with van der Waals surface area (Å²) in [5.74, 6) is 0.842. The van der Waals surface area contributed by atoms with Crippen LogP contribution in [-0.2, 0) is 21.4 Å². The largest absolute Gasteiger partial charge is 0.350 e. The average Bonchev–Trinajstić information content (AvgIpc) is 3.42. The minimum Gasteiger partial charge on any atom is -0.350 e. The van der Waals surface area contributed by atoms with Crippen molar-refractivity contribution in [2.45, 2.75) is 50.0 Å². The molecule has 3 aromatic rings. The van der Waals surface area contributed by atoms with E-state index in [-0.39, 0.29) is 17.3 Å². The molecule has 1 aliphatic heterocycles. The van der Waals surface area contributed by atoms with Gasteiger partial charge in [0.1, 0.15) is 0 Å². The first-order valence-electron chi connectivity index (χ1n) is 11.0. The lowest BCUT2D eigenvalue weighted by Gasteiger charge is -2.31. The van der Waals surface area contributed by atoms with Crippen LogP contribution in [0.4, 0.5) is 0 Å². The number of rotatable bonds is 7. The number of aryl methyl sites for hydroxylation is 1. The predicted molar refractivity (Wildman–Crippen MR) is 122 cm³/mol. The predicted octanol–water partition coefficient (Wildman–Crippen LogP) is 3.10. The number of amides is 1. The Morgan fingerprint density at radius 3 is 2.91 bits per heavy atom. The fraction of sp³-hybridized carbons (Fsp3) is 0.455. The molecule has 1 aliphatic carbocycles. The molecule has 3 aromatic heterocycles. The van der Waals surface area contributed by atoms with Crippen molar-refractivity contribution >= 4 is 27.3 Å². The molecule has 9 nitrogen and oxygen atoms in total. The zero-order chi connectivity index (χ0) is 23.0. The first-order valence-corrected chi connectivity index (χ1v) is 13.3. The van der Waals surface area contributed by atoms with Crippen LogP contribution in [0.2, 0.25) is 0 Å². The third-order valence-corrected chi connectivity index (χ3v) is 9.17. The van der Waals surface area contributed by atoms with Crippen molar-refractivity contribution in [3.8, 4) is 10.7 Å². The summed E-state index contributed by atoms with van der Waals surface area (Å²) in [5.41, 5.74) is 0.763. The van der Waals surface area contributed by atoms with Crippen molar-refractivity contribution in [3.05, 3.63) is 46.9 Å². The molecule has 0 bridgehead atoms. The summed E-state index contributed by atoms with van der Waals surface area (Å²) in [4.78, 5) is 22.9. The number of pyridine rings is 1. The molecule has 5 rings (SSSR count). The van der Waals surface area contributed by atoms with Crippen LogP contribution in [0.3, 0.4) is 0 Å². The van der Waals surface area contributed by atoms with Gasteiger partial charge in [0.2, 0.25) is 27.6 Å². The van der Waals surface area contributed by atoms with Gasteiger partial charge >= 0.3 is 0 Å². The number of hydrogen-bond donors (Lipinski definition) is 1. The molecule has 1 amide bonds. The Hall–Kier alpha value is -2.63. The van der Waals surface area contributed by atoms with Gasteiger partial charge in [0, 0.05) is 30.1 Å². The van der Waals surface area contributed by atoms with Crippen molar-refractivity contribution < 1.29 is 17.7 Å². The highest BCUT2D eigenvalue weighted by Gasteiger charge is 2.35. The lowest BCUT2D eigenvalue weighted by molar-refractivity contribution is -0.126. The number of nitrogens with one attached hydrogen (secondary N) is 1. The van der Waals surface area contributed by atoms with E-state index in [1.54, 1.807) is 19.2 Å². The Balaban J connectivity index is 1.28. The second kappa shape index (κ2) is 8.96. The van der Waals surface area contributed by atoms with E-state index in [2.05, 4.69) is 20.4 Å². The Morgan fingerprint density at radius 1 is 1.30 bits per heavy atom. The van der Waals surface area contributed by atoms with E-state index in [0.29, 0.717) is 53.3 Å². The molecule has 2 aliphatic rings. The Bertz CT molecular complexity index is 1250. The molecule has 1 N–H and O–H groups in total. The number of nitrogens with zero attached hydrogens (tertiary/aromatic N) is 4. The maximum atomic E-state index is 13.5. The minimum atomic E-state index is -3.75. The molecule has 2 fully saturated rings. The highest BCUT2D eigenvalue weighted by Crippen LogP contribution is 2.41. The monoisotopic (exact) mass is 487 g/mol. The number of sulfonamides is 1. The summed E-state index contributed by atoms with van der Waals surface area (Å²) in [6, 6.07) is 7.15. The normalized spacial score (nSPS) is 19.5. The summed E-state index contributed by atoms with van der Waals surface area (Å²) < 4.78 is 33.6. The SMILES string of the molecule is Cc1sc(-c2noc(C3CC3)n2)cc1S(=O)(=O)N1CCC[C@@H](C(=O)NCc2ccccn2)C1. The summed E-state index contributed by atoms with van der Waals surface area (Å²) in [5, 5.41) is 6.92. The van der Waals surface area contributed by atoms with E-state index in [9.17, 15) is 13.2 Å². The second-order valence-corrected chi connectivity index (χ2v) is 11.7.